The van der Waals surface area contributed by atoms with Crippen LogP contribution in [0.25, 0.3) is 0 Å². The number of aromatic nitrogens is 1. The van der Waals surface area contributed by atoms with Crippen LogP contribution in [-0.4, -0.2) is 48.1 Å². The van der Waals surface area contributed by atoms with Gasteiger partial charge in [0.1, 0.15) is 5.76 Å². The number of aryl methyl sites for hydroxylation is 1. The van der Waals surface area contributed by atoms with Crippen molar-refractivity contribution in [1.82, 2.24) is 10.1 Å². The van der Waals surface area contributed by atoms with Crippen molar-refractivity contribution in [2.75, 3.05) is 19.8 Å². The van der Waals surface area contributed by atoms with Crippen LogP contribution in [-0.2, 0) is 16.0 Å². The minimum absolute atomic E-state index is 0.237. The molecule has 21 heavy (non-hydrogen) atoms. The average Bonchev–Trinajstić information content (AvgIpc) is 3.10. The van der Waals surface area contributed by atoms with Crippen LogP contribution < -0.4 is 0 Å². The highest BCUT2D eigenvalue weighted by Gasteiger charge is 2.43. The smallest absolute Gasteiger partial charge is 0.133 e. The maximum Gasteiger partial charge on any atom is 0.133 e. The van der Waals surface area contributed by atoms with E-state index in [-0.39, 0.29) is 12.2 Å². The molecule has 3 aliphatic rings. The van der Waals surface area contributed by atoms with Crippen LogP contribution in [0, 0.1) is 12.8 Å². The lowest BCUT2D eigenvalue weighted by molar-refractivity contribution is -0.0572. The Labute approximate surface area is 125 Å². The fourth-order valence-electron chi connectivity index (χ4n) is 3.61. The second-order valence-corrected chi connectivity index (χ2v) is 6.69. The Hall–Kier alpha value is -0.910. The Morgan fingerprint density at radius 2 is 2.24 bits per heavy atom. The van der Waals surface area contributed by atoms with Crippen LogP contribution in [0.4, 0.5) is 0 Å². The van der Waals surface area contributed by atoms with E-state index in [9.17, 15) is 0 Å². The largest absolute Gasteiger partial charge is 0.374 e. The van der Waals surface area contributed by atoms with Gasteiger partial charge >= 0.3 is 0 Å². The normalized spacial score (nSPS) is 33.3. The van der Waals surface area contributed by atoms with Gasteiger partial charge in [-0.15, -0.1) is 0 Å². The molecule has 1 aromatic heterocycles. The number of nitrogens with zero attached hydrogens (tertiary/aromatic N) is 2. The molecular weight excluding hydrogens is 268 g/mol. The standard InChI is InChI=1S/C16H24N2O3/c1-11-8-13(17-21-11)9-18-6-7-19-15-5-4-14(18)16(15)20-10-12-2-3-12/h8,12,14-16H,2-7,9-10H2,1H3/t14-,15-,16+/m0/s1. The fraction of sp³-hybridized carbons (Fsp3) is 0.812. The van der Waals surface area contributed by atoms with Crippen LogP contribution in [0.1, 0.15) is 37.1 Å². The van der Waals surface area contributed by atoms with E-state index in [0.717, 1.165) is 56.5 Å². The summed E-state index contributed by atoms with van der Waals surface area (Å²) < 4.78 is 17.4. The number of hydrogen-bond acceptors (Lipinski definition) is 5. The quantitative estimate of drug-likeness (QED) is 0.832. The molecule has 1 aliphatic heterocycles. The van der Waals surface area contributed by atoms with Gasteiger partial charge in [-0.3, -0.25) is 4.90 Å². The monoisotopic (exact) mass is 292 g/mol. The minimum atomic E-state index is 0.237. The molecule has 5 nitrogen and oxygen atoms in total. The third-order valence-corrected chi connectivity index (χ3v) is 4.94. The molecule has 2 saturated carbocycles. The lowest BCUT2D eigenvalue weighted by Gasteiger charge is -2.30. The van der Waals surface area contributed by atoms with Gasteiger partial charge in [0.05, 0.1) is 24.5 Å². The highest BCUT2D eigenvalue weighted by Crippen LogP contribution is 2.35. The van der Waals surface area contributed by atoms with Gasteiger partial charge in [0.2, 0.25) is 0 Å². The first kappa shape index (κ1) is 13.7. The van der Waals surface area contributed by atoms with Crippen LogP contribution in [0.15, 0.2) is 10.6 Å². The fourth-order valence-corrected chi connectivity index (χ4v) is 3.61. The Morgan fingerprint density at radius 1 is 1.33 bits per heavy atom. The second kappa shape index (κ2) is 5.71. The summed E-state index contributed by atoms with van der Waals surface area (Å²) in [5.74, 6) is 1.68. The Kier molecular flexibility index (Phi) is 3.73. The molecule has 0 N–H and O–H groups in total. The summed E-state index contributed by atoms with van der Waals surface area (Å²) in [6.45, 7) is 5.44. The molecular formula is C16H24N2O3. The van der Waals surface area contributed by atoms with Gasteiger partial charge in [0.25, 0.3) is 0 Å². The summed E-state index contributed by atoms with van der Waals surface area (Å²) >= 11 is 0. The van der Waals surface area contributed by atoms with Crippen molar-refractivity contribution in [3.63, 3.8) is 0 Å². The highest BCUT2D eigenvalue weighted by atomic mass is 16.5. The van der Waals surface area contributed by atoms with Gasteiger partial charge in [0, 0.05) is 31.8 Å². The molecule has 0 unspecified atom stereocenters. The molecule has 2 aliphatic carbocycles. The van der Waals surface area contributed by atoms with E-state index in [1.165, 1.54) is 12.8 Å². The van der Waals surface area contributed by atoms with E-state index in [1.807, 2.05) is 13.0 Å². The maximum absolute atomic E-state index is 6.24. The molecule has 1 saturated heterocycles. The predicted octanol–water partition coefficient (Wildman–Crippen LogP) is 2.14. The first-order valence-electron chi connectivity index (χ1n) is 8.19. The lowest BCUT2D eigenvalue weighted by Crippen LogP contribution is -2.43. The third-order valence-electron chi connectivity index (χ3n) is 4.94. The molecule has 0 aromatic carbocycles. The number of hydrogen-bond donors (Lipinski definition) is 0. The van der Waals surface area contributed by atoms with Crippen LogP contribution in [0.3, 0.4) is 0 Å². The number of ether oxygens (including phenoxy) is 2. The first-order valence-corrected chi connectivity index (χ1v) is 8.19. The lowest BCUT2D eigenvalue weighted by atomic mass is 10.1. The van der Waals surface area contributed by atoms with Gasteiger partial charge in [0.15, 0.2) is 0 Å². The molecule has 116 valence electrons. The van der Waals surface area contributed by atoms with Crippen LogP contribution >= 0.6 is 0 Å². The zero-order valence-corrected chi connectivity index (χ0v) is 12.7. The van der Waals surface area contributed by atoms with E-state index >= 15 is 0 Å². The molecule has 0 spiro atoms. The molecule has 0 radical (unpaired) electrons. The summed E-state index contributed by atoms with van der Waals surface area (Å²) in [6, 6.07) is 2.49. The Morgan fingerprint density at radius 3 is 3.00 bits per heavy atom. The first-order chi connectivity index (χ1) is 10.3. The molecule has 2 heterocycles. The Bertz CT molecular complexity index is 486. The highest BCUT2D eigenvalue weighted by molar-refractivity contribution is 5.05. The molecule has 3 fully saturated rings. The van der Waals surface area contributed by atoms with Crippen molar-refractivity contribution in [3.05, 3.63) is 17.5 Å². The molecule has 0 amide bonds. The zero-order chi connectivity index (χ0) is 14.2. The van der Waals surface area contributed by atoms with Gasteiger partial charge in [-0.25, -0.2) is 0 Å². The SMILES string of the molecule is Cc1cc(CN2CCO[C@H]3CC[C@H]2[C@H]3OCC2CC2)no1. The predicted molar refractivity (Wildman–Crippen MR) is 76.9 cm³/mol. The van der Waals surface area contributed by atoms with Crippen molar-refractivity contribution >= 4 is 0 Å². The van der Waals surface area contributed by atoms with Crippen LogP contribution in [0.2, 0.25) is 0 Å². The average molecular weight is 292 g/mol. The third kappa shape index (κ3) is 3.00. The molecule has 1 aromatic rings. The van der Waals surface area contributed by atoms with E-state index in [0.29, 0.717) is 6.04 Å². The summed E-state index contributed by atoms with van der Waals surface area (Å²) in [6.07, 6.45) is 5.49. The van der Waals surface area contributed by atoms with Crippen LogP contribution in [0.5, 0.6) is 0 Å². The minimum Gasteiger partial charge on any atom is -0.374 e. The van der Waals surface area contributed by atoms with Gasteiger partial charge in [-0.2, -0.15) is 0 Å². The van der Waals surface area contributed by atoms with Crippen molar-refractivity contribution in [2.24, 2.45) is 5.92 Å². The van der Waals surface area contributed by atoms with Crippen molar-refractivity contribution in [1.29, 1.82) is 0 Å². The van der Waals surface area contributed by atoms with E-state index in [2.05, 4.69) is 10.1 Å². The maximum atomic E-state index is 6.24. The van der Waals surface area contributed by atoms with Crippen molar-refractivity contribution < 1.29 is 14.0 Å². The van der Waals surface area contributed by atoms with Gasteiger partial charge < -0.3 is 14.0 Å². The second-order valence-electron chi connectivity index (χ2n) is 6.69. The summed E-state index contributed by atoms with van der Waals surface area (Å²) in [7, 11) is 0. The van der Waals surface area contributed by atoms with Crippen molar-refractivity contribution in [2.45, 2.75) is 57.4 Å². The molecule has 3 atom stereocenters. The number of fused-ring (bicyclic) bond motifs is 2. The zero-order valence-electron chi connectivity index (χ0n) is 12.7. The summed E-state index contributed by atoms with van der Waals surface area (Å²) in [5.41, 5.74) is 1.01. The number of rotatable bonds is 5. The summed E-state index contributed by atoms with van der Waals surface area (Å²) in [4.78, 5) is 2.47. The molecule has 4 rings (SSSR count). The molecule has 2 bridgehead atoms. The van der Waals surface area contributed by atoms with E-state index in [4.69, 9.17) is 14.0 Å². The topological polar surface area (TPSA) is 47.7 Å². The van der Waals surface area contributed by atoms with Crippen molar-refractivity contribution in [3.8, 4) is 0 Å². The van der Waals surface area contributed by atoms with Gasteiger partial charge in [-0.05, 0) is 38.5 Å². The van der Waals surface area contributed by atoms with E-state index in [1.54, 1.807) is 0 Å². The van der Waals surface area contributed by atoms with E-state index < -0.39 is 0 Å². The molecule has 5 heteroatoms. The van der Waals surface area contributed by atoms with Gasteiger partial charge in [-0.1, -0.05) is 5.16 Å². The Balaban J connectivity index is 1.44. The summed E-state index contributed by atoms with van der Waals surface area (Å²) in [5, 5.41) is 4.13.